The summed E-state index contributed by atoms with van der Waals surface area (Å²) >= 11 is 0. The summed E-state index contributed by atoms with van der Waals surface area (Å²) in [6, 6.07) is 13.8. The van der Waals surface area contributed by atoms with Crippen molar-refractivity contribution in [1.82, 2.24) is 19.8 Å². The lowest BCUT2D eigenvalue weighted by Crippen LogP contribution is -2.30. The molecule has 1 aliphatic heterocycles. The van der Waals surface area contributed by atoms with Crippen LogP contribution in [0.15, 0.2) is 53.6 Å². The molecule has 1 N–H and O–H groups in total. The summed E-state index contributed by atoms with van der Waals surface area (Å²) in [5, 5.41) is 3.54. The van der Waals surface area contributed by atoms with Crippen molar-refractivity contribution in [3.8, 4) is 5.75 Å². The summed E-state index contributed by atoms with van der Waals surface area (Å²) in [4.78, 5) is 32.5. The zero-order valence-electron chi connectivity index (χ0n) is 19.2. The SMILES string of the molecule is CC(C)N1CC[C@@H](Oc2ccc3ncn(Cc4cccc(C(=O)NC5CC5)c4)c(=O)c3c2)C1. The van der Waals surface area contributed by atoms with Gasteiger partial charge in [0.25, 0.3) is 11.5 Å². The summed E-state index contributed by atoms with van der Waals surface area (Å²) in [6.45, 7) is 6.67. The first-order valence-corrected chi connectivity index (χ1v) is 11.8. The van der Waals surface area contributed by atoms with Gasteiger partial charge in [-0.25, -0.2) is 4.98 Å². The minimum Gasteiger partial charge on any atom is -0.489 e. The molecule has 2 aliphatic rings. The lowest BCUT2D eigenvalue weighted by Gasteiger charge is -2.20. The molecule has 1 amide bonds. The maximum atomic E-state index is 13.2. The fourth-order valence-electron chi connectivity index (χ4n) is 4.34. The Morgan fingerprint density at radius 3 is 2.79 bits per heavy atom. The van der Waals surface area contributed by atoms with Gasteiger partial charge in [0, 0.05) is 30.7 Å². The van der Waals surface area contributed by atoms with Gasteiger partial charge in [0.1, 0.15) is 11.9 Å². The van der Waals surface area contributed by atoms with Gasteiger partial charge in [0.05, 0.1) is 23.8 Å². The van der Waals surface area contributed by atoms with E-state index in [1.807, 2.05) is 30.3 Å². The highest BCUT2D eigenvalue weighted by Crippen LogP contribution is 2.23. The third-order valence-corrected chi connectivity index (χ3v) is 6.46. The van der Waals surface area contributed by atoms with Crippen LogP contribution in [0.4, 0.5) is 0 Å². The number of aromatic nitrogens is 2. The maximum absolute atomic E-state index is 13.2. The average Bonchev–Trinajstić information content (AvgIpc) is 3.50. The smallest absolute Gasteiger partial charge is 0.261 e. The van der Waals surface area contributed by atoms with Crippen LogP contribution >= 0.6 is 0 Å². The van der Waals surface area contributed by atoms with E-state index < -0.39 is 0 Å². The normalized spacial score (nSPS) is 18.7. The van der Waals surface area contributed by atoms with Crippen LogP contribution in [-0.4, -0.2) is 51.6 Å². The molecule has 33 heavy (non-hydrogen) atoms. The molecule has 172 valence electrons. The quantitative estimate of drug-likeness (QED) is 0.603. The highest BCUT2D eigenvalue weighted by molar-refractivity contribution is 5.94. The summed E-state index contributed by atoms with van der Waals surface area (Å²) in [5.74, 6) is 0.640. The second-order valence-electron chi connectivity index (χ2n) is 9.42. The van der Waals surface area contributed by atoms with Crippen molar-refractivity contribution in [3.05, 3.63) is 70.3 Å². The second-order valence-corrected chi connectivity index (χ2v) is 9.42. The van der Waals surface area contributed by atoms with E-state index in [0.717, 1.165) is 37.9 Å². The molecule has 5 rings (SSSR count). The number of hydrogen-bond donors (Lipinski definition) is 1. The predicted molar refractivity (Wildman–Crippen MR) is 128 cm³/mol. The molecule has 1 atom stereocenters. The van der Waals surface area contributed by atoms with Gasteiger partial charge in [-0.15, -0.1) is 0 Å². The summed E-state index contributed by atoms with van der Waals surface area (Å²) in [5.41, 5.74) is 2.03. The molecule has 0 radical (unpaired) electrons. The number of carbonyl (C=O) groups excluding carboxylic acids is 1. The molecule has 2 heterocycles. The largest absolute Gasteiger partial charge is 0.489 e. The molecule has 2 aromatic carbocycles. The average molecular weight is 447 g/mol. The lowest BCUT2D eigenvalue weighted by molar-refractivity contribution is 0.0951. The van der Waals surface area contributed by atoms with Gasteiger partial charge in [-0.2, -0.15) is 0 Å². The number of nitrogens with one attached hydrogen (secondary N) is 1. The van der Waals surface area contributed by atoms with E-state index in [9.17, 15) is 9.59 Å². The molecule has 0 bridgehead atoms. The number of nitrogens with zero attached hydrogens (tertiary/aromatic N) is 3. The van der Waals surface area contributed by atoms with Gasteiger partial charge in [0.15, 0.2) is 0 Å². The van der Waals surface area contributed by atoms with E-state index in [0.29, 0.717) is 40.8 Å². The molecule has 7 heteroatoms. The zero-order valence-corrected chi connectivity index (χ0v) is 19.2. The molecule has 1 saturated carbocycles. The number of rotatable bonds is 7. The number of hydrogen-bond acceptors (Lipinski definition) is 5. The van der Waals surface area contributed by atoms with Crippen LogP contribution in [0.25, 0.3) is 10.9 Å². The molecule has 2 fully saturated rings. The number of amides is 1. The van der Waals surface area contributed by atoms with E-state index in [-0.39, 0.29) is 17.6 Å². The molecule has 1 aromatic heterocycles. The van der Waals surface area contributed by atoms with E-state index >= 15 is 0 Å². The molecular weight excluding hydrogens is 416 g/mol. The summed E-state index contributed by atoms with van der Waals surface area (Å²) in [7, 11) is 0. The molecule has 0 unspecified atom stereocenters. The van der Waals surface area contributed by atoms with Crippen LogP contribution in [0.2, 0.25) is 0 Å². The fourth-order valence-corrected chi connectivity index (χ4v) is 4.34. The monoisotopic (exact) mass is 446 g/mol. The first kappa shape index (κ1) is 21.6. The Balaban J connectivity index is 1.34. The zero-order chi connectivity index (χ0) is 22.9. The lowest BCUT2D eigenvalue weighted by atomic mass is 10.1. The van der Waals surface area contributed by atoms with Crippen LogP contribution in [0, 0.1) is 0 Å². The topological polar surface area (TPSA) is 76.5 Å². The van der Waals surface area contributed by atoms with Crippen LogP contribution in [-0.2, 0) is 6.54 Å². The first-order chi connectivity index (χ1) is 16.0. The Kier molecular flexibility index (Phi) is 5.89. The van der Waals surface area contributed by atoms with Crippen molar-refractivity contribution in [3.63, 3.8) is 0 Å². The third kappa shape index (κ3) is 4.93. The minimum absolute atomic E-state index is 0.0620. The van der Waals surface area contributed by atoms with E-state index in [4.69, 9.17) is 4.74 Å². The Labute approximate surface area is 193 Å². The molecule has 1 saturated heterocycles. The highest BCUT2D eigenvalue weighted by atomic mass is 16.5. The molecule has 7 nitrogen and oxygen atoms in total. The number of likely N-dealkylation sites (tertiary alicyclic amines) is 1. The van der Waals surface area contributed by atoms with Gasteiger partial charge in [-0.05, 0) is 69.0 Å². The van der Waals surface area contributed by atoms with Crippen molar-refractivity contribution < 1.29 is 9.53 Å². The van der Waals surface area contributed by atoms with Crippen LogP contribution in [0.5, 0.6) is 5.75 Å². The third-order valence-electron chi connectivity index (χ3n) is 6.46. The molecular formula is C26H30N4O3. The van der Waals surface area contributed by atoms with Gasteiger partial charge < -0.3 is 10.1 Å². The minimum atomic E-state index is -0.117. The van der Waals surface area contributed by atoms with Gasteiger partial charge in [-0.1, -0.05) is 12.1 Å². The van der Waals surface area contributed by atoms with Gasteiger partial charge in [-0.3, -0.25) is 19.1 Å². The first-order valence-electron chi connectivity index (χ1n) is 11.8. The standard InChI is InChI=1S/C26H30N4O3/c1-17(2)29-11-10-22(15-29)33-21-8-9-24-23(13-21)26(32)30(16-27-24)14-18-4-3-5-19(12-18)25(31)28-20-6-7-20/h3-5,8-9,12-13,16-17,20,22H,6-7,10-11,14-15H2,1-2H3,(H,28,31)/t22-/m1/s1. The van der Waals surface area contributed by atoms with E-state index in [2.05, 4.69) is 29.0 Å². The highest BCUT2D eigenvalue weighted by Gasteiger charge is 2.26. The Hall–Kier alpha value is -3.19. The summed E-state index contributed by atoms with van der Waals surface area (Å²) in [6.07, 6.45) is 4.78. The molecule has 1 aliphatic carbocycles. The Morgan fingerprint density at radius 1 is 1.18 bits per heavy atom. The van der Waals surface area contributed by atoms with Crippen LogP contribution in [0.3, 0.4) is 0 Å². The van der Waals surface area contributed by atoms with Crippen molar-refractivity contribution in [2.24, 2.45) is 0 Å². The van der Waals surface area contributed by atoms with Crippen molar-refractivity contribution in [2.45, 2.75) is 57.8 Å². The number of benzene rings is 2. The fraction of sp³-hybridized carbons (Fsp3) is 0.423. The number of carbonyl (C=O) groups is 1. The Bertz CT molecular complexity index is 1230. The predicted octanol–water partition coefficient (Wildman–Crippen LogP) is 3.20. The maximum Gasteiger partial charge on any atom is 0.261 e. The van der Waals surface area contributed by atoms with E-state index in [1.165, 1.54) is 0 Å². The molecule has 0 spiro atoms. The van der Waals surface area contributed by atoms with Gasteiger partial charge in [0.2, 0.25) is 0 Å². The van der Waals surface area contributed by atoms with Crippen LogP contribution in [0.1, 0.15) is 49.0 Å². The Morgan fingerprint density at radius 2 is 2.03 bits per heavy atom. The van der Waals surface area contributed by atoms with Crippen molar-refractivity contribution >= 4 is 16.8 Å². The van der Waals surface area contributed by atoms with E-state index in [1.54, 1.807) is 23.0 Å². The molecule has 3 aromatic rings. The van der Waals surface area contributed by atoms with Crippen molar-refractivity contribution in [1.29, 1.82) is 0 Å². The second kappa shape index (κ2) is 8.98. The number of ether oxygens (including phenoxy) is 1. The van der Waals surface area contributed by atoms with Gasteiger partial charge >= 0.3 is 0 Å². The van der Waals surface area contributed by atoms with Crippen molar-refractivity contribution in [2.75, 3.05) is 13.1 Å². The van der Waals surface area contributed by atoms with Crippen LogP contribution < -0.4 is 15.6 Å². The number of fused-ring (bicyclic) bond motifs is 1. The summed E-state index contributed by atoms with van der Waals surface area (Å²) < 4.78 is 7.78.